The third-order valence-electron chi connectivity index (χ3n) is 6.18. The van der Waals surface area contributed by atoms with Crippen LogP contribution in [-0.2, 0) is 4.79 Å². The van der Waals surface area contributed by atoms with Crippen molar-refractivity contribution in [1.82, 2.24) is 14.8 Å². The summed E-state index contributed by atoms with van der Waals surface area (Å²) in [7, 11) is 0. The molecule has 1 N–H and O–H groups in total. The fraction of sp³-hybridized carbons (Fsp3) is 0.250. The van der Waals surface area contributed by atoms with Gasteiger partial charge in [-0.05, 0) is 31.0 Å². The van der Waals surface area contributed by atoms with Gasteiger partial charge in [0.05, 0.1) is 11.3 Å². The molecule has 0 saturated carbocycles. The van der Waals surface area contributed by atoms with E-state index in [9.17, 15) is 19.2 Å². The second-order valence-electron chi connectivity index (χ2n) is 8.09. The predicted molar refractivity (Wildman–Crippen MR) is 120 cm³/mol. The normalized spacial score (nSPS) is 17.4. The first-order valence-electron chi connectivity index (χ1n) is 10.6. The first-order valence-corrected chi connectivity index (χ1v) is 10.6. The number of fused-ring (bicyclic) bond motifs is 1. The lowest BCUT2D eigenvalue weighted by Crippen LogP contribution is -2.48. The zero-order chi connectivity index (χ0) is 22.2. The van der Waals surface area contributed by atoms with Crippen molar-refractivity contribution in [3.63, 3.8) is 0 Å². The van der Waals surface area contributed by atoms with Gasteiger partial charge in [-0.25, -0.2) is 9.69 Å². The van der Waals surface area contributed by atoms with E-state index in [1.54, 1.807) is 40.1 Å². The minimum Gasteiger partial charge on any atom is -0.338 e. The Hall–Kier alpha value is -3.94. The minimum absolute atomic E-state index is 0.0467. The van der Waals surface area contributed by atoms with E-state index in [0.717, 1.165) is 0 Å². The summed E-state index contributed by atoms with van der Waals surface area (Å²) in [6, 6.07) is 17.1. The Morgan fingerprint density at radius 3 is 2.34 bits per heavy atom. The Labute approximate surface area is 184 Å². The number of nitrogens with zero attached hydrogens (tertiary/aromatic N) is 3. The molecule has 0 bridgehead atoms. The molecule has 0 radical (unpaired) electrons. The third-order valence-corrected chi connectivity index (χ3v) is 6.18. The summed E-state index contributed by atoms with van der Waals surface area (Å²) in [5.74, 6) is -0.435. The fourth-order valence-corrected chi connectivity index (χ4v) is 4.57. The molecule has 3 heterocycles. The first-order chi connectivity index (χ1) is 15.5. The number of rotatable bonds is 3. The lowest BCUT2D eigenvalue weighted by atomic mass is 10.0. The fourth-order valence-electron chi connectivity index (χ4n) is 4.57. The van der Waals surface area contributed by atoms with Gasteiger partial charge in [0.15, 0.2) is 0 Å². The van der Waals surface area contributed by atoms with Crippen LogP contribution < -0.4 is 10.5 Å². The second-order valence-corrected chi connectivity index (χ2v) is 8.09. The number of hydrogen-bond acceptors (Lipinski definition) is 4. The molecule has 2 aromatic carbocycles. The van der Waals surface area contributed by atoms with Gasteiger partial charge >= 0.3 is 6.03 Å². The molecule has 5 rings (SSSR count). The number of piperidine rings is 1. The molecule has 8 nitrogen and oxygen atoms in total. The van der Waals surface area contributed by atoms with Gasteiger partial charge in [-0.1, -0.05) is 36.4 Å². The Morgan fingerprint density at radius 2 is 1.59 bits per heavy atom. The Morgan fingerprint density at radius 1 is 0.906 bits per heavy atom. The van der Waals surface area contributed by atoms with Crippen molar-refractivity contribution in [3.05, 3.63) is 76.6 Å². The van der Waals surface area contributed by atoms with Crippen LogP contribution in [0.5, 0.6) is 0 Å². The number of benzene rings is 2. The maximum absolute atomic E-state index is 13.2. The molecule has 0 unspecified atom stereocenters. The Balaban J connectivity index is 1.30. The molecule has 3 aromatic rings. The van der Waals surface area contributed by atoms with E-state index in [-0.39, 0.29) is 36.0 Å². The number of pyridine rings is 1. The highest BCUT2D eigenvalue weighted by molar-refractivity contribution is 6.19. The molecular weight excluding hydrogens is 408 g/mol. The predicted octanol–water partition coefficient (Wildman–Crippen LogP) is 2.60. The van der Waals surface area contributed by atoms with Crippen molar-refractivity contribution in [3.8, 4) is 0 Å². The smallest absolute Gasteiger partial charge is 0.332 e. The van der Waals surface area contributed by atoms with Crippen LogP contribution in [0.3, 0.4) is 0 Å². The van der Waals surface area contributed by atoms with Gasteiger partial charge in [0.25, 0.3) is 11.8 Å². The number of amides is 4. The summed E-state index contributed by atoms with van der Waals surface area (Å²) < 4.78 is 0. The van der Waals surface area contributed by atoms with Crippen LogP contribution in [-0.4, -0.2) is 58.3 Å². The minimum atomic E-state index is -0.316. The number of urea groups is 1. The molecule has 32 heavy (non-hydrogen) atoms. The number of anilines is 1. The first kappa shape index (κ1) is 20.0. The van der Waals surface area contributed by atoms with E-state index in [2.05, 4.69) is 4.98 Å². The van der Waals surface area contributed by atoms with E-state index in [1.807, 2.05) is 24.3 Å². The molecule has 0 aliphatic carbocycles. The SMILES string of the molecule is O=C(c1cc(=O)[nH]c2ccccc12)N1CCC(N2CC(=O)N(c3ccccc3)C2=O)CC1. The summed E-state index contributed by atoms with van der Waals surface area (Å²) in [5.41, 5.74) is 1.26. The van der Waals surface area contributed by atoms with Crippen LogP contribution in [0.4, 0.5) is 10.5 Å². The Bertz CT molecular complexity index is 1260. The van der Waals surface area contributed by atoms with Crippen LogP contribution in [0.25, 0.3) is 10.9 Å². The lowest BCUT2D eigenvalue weighted by Gasteiger charge is -2.36. The average Bonchev–Trinajstić information content (AvgIpc) is 3.12. The highest BCUT2D eigenvalue weighted by Crippen LogP contribution is 2.27. The van der Waals surface area contributed by atoms with E-state index in [1.165, 1.54) is 11.0 Å². The van der Waals surface area contributed by atoms with Crippen molar-refractivity contribution in [2.45, 2.75) is 18.9 Å². The van der Waals surface area contributed by atoms with Crippen molar-refractivity contribution >= 4 is 34.4 Å². The second kappa shape index (κ2) is 7.96. The number of aromatic nitrogens is 1. The number of likely N-dealkylation sites (tertiary alicyclic amines) is 1. The molecule has 162 valence electrons. The summed E-state index contributed by atoms with van der Waals surface area (Å²) in [6.45, 7) is 0.951. The maximum Gasteiger partial charge on any atom is 0.332 e. The highest BCUT2D eigenvalue weighted by Gasteiger charge is 2.41. The molecule has 2 saturated heterocycles. The van der Waals surface area contributed by atoms with Crippen LogP contribution in [0.15, 0.2) is 65.5 Å². The molecule has 4 amide bonds. The molecule has 0 atom stereocenters. The third kappa shape index (κ3) is 3.43. The highest BCUT2D eigenvalue weighted by atomic mass is 16.2. The van der Waals surface area contributed by atoms with Crippen molar-refractivity contribution < 1.29 is 14.4 Å². The van der Waals surface area contributed by atoms with E-state index in [0.29, 0.717) is 48.1 Å². The molecule has 2 fully saturated rings. The van der Waals surface area contributed by atoms with E-state index >= 15 is 0 Å². The van der Waals surface area contributed by atoms with Crippen LogP contribution in [0.2, 0.25) is 0 Å². The van der Waals surface area contributed by atoms with Crippen LogP contribution >= 0.6 is 0 Å². The monoisotopic (exact) mass is 430 g/mol. The number of H-pyrrole nitrogens is 1. The molecule has 1 aromatic heterocycles. The van der Waals surface area contributed by atoms with E-state index in [4.69, 9.17) is 0 Å². The number of carbonyl (C=O) groups excluding carboxylic acids is 3. The zero-order valence-electron chi connectivity index (χ0n) is 17.4. The van der Waals surface area contributed by atoms with Crippen molar-refractivity contribution in [2.24, 2.45) is 0 Å². The molecule has 0 spiro atoms. The summed E-state index contributed by atoms with van der Waals surface area (Å²) in [6.07, 6.45) is 1.16. The lowest BCUT2D eigenvalue weighted by molar-refractivity contribution is -0.116. The van der Waals surface area contributed by atoms with Gasteiger partial charge in [-0.2, -0.15) is 0 Å². The number of imide groups is 1. The number of aromatic amines is 1. The van der Waals surface area contributed by atoms with E-state index < -0.39 is 0 Å². The van der Waals surface area contributed by atoms with Crippen LogP contribution in [0, 0.1) is 0 Å². The van der Waals surface area contributed by atoms with Crippen LogP contribution in [0.1, 0.15) is 23.2 Å². The van der Waals surface area contributed by atoms with Gasteiger partial charge in [0, 0.05) is 36.1 Å². The number of hydrogen-bond donors (Lipinski definition) is 1. The van der Waals surface area contributed by atoms with Gasteiger partial charge in [-0.15, -0.1) is 0 Å². The summed E-state index contributed by atoms with van der Waals surface area (Å²) in [5, 5.41) is 0.707. The molecular formula is C24H22N4O4. The van der Waals surface area contributed by atoms with Gasteiger partial charge in [0.2, 0.25) is 5.56 Å². The number of nitrogens with one attached hydrogen (secondary N) is 1. The zero-order valence-corrected chi connectivity index (χ0v) is 17.4. The van der Waals surface area contributed by atoms with Gasteiger partial charge in [0.1, 0.15) is 6.54 Å². The Kier molecular flexibility index (Phi) is 4.97. The quantitative estimate of drug-likeness (QED) is 0.647. The maximum atomic E-state index is 13.2. The molecule has 2 aliphatic heterocycles. The molecule has 2 aliphatic rings. The standard InChI is InChI=1S/C24H22N4O4/c29-21-14-19(18-8-4-5-9-20(18)25-21)23(31)26-12-10-16(11-13-26)27-15-22(30)28(24(27)32)17-6-2-1-3-7-17/h1-9,14,16H,10-13,15H2,(H,25,29). The average molecular weight is 430 g/mol. The van der Waals surface area contributed by atoms with Crippen molar-refractivity contribution in [2.75, 3.05) is 24.5 Å². The summed E-state index contributed by atoms with van der Waals surface area (Å²) in [4.78, 5) is 58.0. The topological polar surface area (TPSA) is 93.8 Å². The summed E-state index contributed by atoms with van der Waals surface area (Å²) >= 11 is 0. The van der Waals surface area contributed by atoms with Crippen molar-refractivity contribution in [1.29, 1.82) is 0 Å². The van der Waals surface area contributed by atoms with Gasteiger partial charge < -0.3 is 14.8 Å². The largest absolute Gasteiger partial charge is 0.338 e. The number of carbonyl (C=O) groups is 3. The number of para-hydroxylation sites is 2. The van der Waals surface area contributed by atoms with Gasteiger partial charge in [-0.3, -0.25) is 14.4 Å². The molecule has 8 heteroatoms.